The van der Waals surface area contributed by atoms with Crippen LogP contribution in [0.15, 0.2) is 0 Å². The van der Waals surface area contributed by atoms with Gasteiger partial charge in [0.25, 0.3) is 0 Å². The molecule has 0 heterocycles. The minimum Gasteiger partial charge on any atom is -0.481 e. The topological polar surface area (TPSA) is 328 Å². The summed E-state index contributed by atoms with van der Waals surface area (Å²) in [4.78, 5) is 84.3. The van der Waals surface area contributed by atoms with Crippen LogP contribution < -0.4 is 43.4 Å². The minimum atomic E-state index is -1.74. The number of amides is 5. The first kappa shape index (κ1) is 37.5. The van der Waals surface area contributed by atoms with Gasteiger partial charge in [-0.3, -0.25) is 34.2 Å². The Morgan fingerprint density at radius 2 is 1.36 bits per heavy atom. The highest BCUT2D eigenvalue weighted by Crippen LogP contribution is 2.03. The van der Waals surface area contributed by atoms with Gasteiger partial charge < -0.3 is 58.7 Å². The third-order valence-electron chi connectivity index (χ3n) is 5.51. The van der Waals surface area contributed by atoms with Gasteiger partial charge in [0.2, 0.25) is 29.5 Å². The molecule has 19 heteroatoms. The number of rotatable bonds is 21. The Morgan fingerprint density at radius 3 is 1.88 bits per heavy atom. The predicted octanol–water partition coefficient (Wildman–Crippen LogP) is -4.99. The van der Waals surface area contributed by atoms with Crippen LogP contribution in [-0.2, 0) is 33.6 Å². The van der Waals surface area contributed by atoms with Crippen molar-refractivity contribution in [1.29, 1.82) is 5.41 Å². The molecule has 0 fully saturated rings. The molecule has 0 radical (unpaired) electrons. The Kier molecular flexibility index (Phi) is 18.2. The van der Waals surface area contributed by atoms with Crippen LogP contribution in [0.5, 0.6) is 0 Å². The molecule has 0 aliphatic rings. The number of unbranched alkanes of at least 4 members (excludes halogenated alkanes) is 1. The van der Waals surface area contributed by atoms with Gasteiger partial charge in [0.05, 0.1) is 19.6 Å². The number of carbonyl (C=O) groups is 7. The van der Waals surface area contributed by atoms with Crippen molar-refractivity contribution in [3.05, 3.63) is 0 Å². The number of carbonyl (C=O) groups excluding carboxylic acids is 5. The standard InChI is InChI=1S/C23H41N9O10/c1-12(34)29-13(6-4-8-27-23(25)26)19(38)28-10-17(35)30-15(9-18(36)37)20(39)32-16(11-33)21(40)31-14(22(41)42)5-2-3-7-24/h13-16,33H,2-11,24H2,1H3,(H,28,38)(H,29,34)(H,30,35)(H,31,40)(H,32,39)(H,36,37)(H,41,42)(H4,25,26,27)/t13-,14-,15-,16-/m0/s1. The number of aliphatic hydroxyl groups excluding tert-OH is 1. The summed E-state index contributed by atoms with van der Waals surface area (Å²) in [5, 5.41) is 48.7. The summed E-state index contributed by atoms with van der Waals surface area (Å²) in [6.07, 6.45) is 0.439. The molecule has 0 unspecified atom stereocenters. The zero-order chi connectivity index (χ0) is 32.2. The maximum atomic E-state index is 12.7. The number of aliphatic hydroxyl groups is 1. The summed E-state index contributed by atoms with van der Waals surface area (Å²) in [5.41, 5.74) is 10.6. The smallest absolute Gasteiger partial charge is 0.326 e. The lowest BCUT2D eigenvalue weighted by molar-refractivity contribution is -0.143. The molecule has 0 aliphatic carbocycles. The highest BCUT2D eigenvalue weighted by Gasteiger charge is 2.30. The van der Waals surface area contributed by atoms with E-state index in [2.05, 4.69) is 31.9 Å². The molecule has 14 N–H and O–H groups in total. The number of carboxylic acids is 2. The fourth-order valence-corrected chi connectivity index (χ4v) is 3.45. The van der Waals surface area contributed by atoms with Crippen molar-refractivity contribution in [3.8, 4) is 0 Å². The first-order valence-electron chi connectivity index (χ1n) is 13.0. The van der Waals surface area contributed by atoms with Gasteiger partial charge in [-0.2, -0.15) is 0 Å². The van der Waals surface area contributed by atoms with Crippen molar-refractivity contribution in [3.63, 3.8) is 0 Å². The predicted molar refractivity (Wildman–Crippen MR) is 145 cm³/mol. The molecule has 0 aromatic carbocycles. The Bertz CT molecular complexity index is 978. The number of nitrogens with two attached hydrogens (primary N) is 2. The largest absolute Gasteiger partial charge is 0.481 e. The van der Waals surface area contributed by atoms with Crippen LogP contribution in [0, 0.1) is 5.41 Å². The van der Waals surface area contributed by atoms with E-state index >= 15 is 0 Å². The van der Waals surface area contributed by atoms with E-state index in [1.807, 2.05) is 0 Å². The van der Waals surface area contributed by atoms with E-state index in [-0.39, 0.29) is 25.3 Å². The highest BCUT2D eigenvalue weighted by atomic mass is 16.4. The van der Waals surface area contributed by atoms with E-state index in [0.29, 0.717) is 25.8 Å². The van der Waals surface area contributed by atoms with Gasteiger partial charge in [-0.05, 0) is 38.6 Å². The molecule has 0 aromatic rings. The summed E-state index contributed by atoms with van der Waals surface area (Å²) in [5.74, 6) is -7.61. The van der Waals surface area contributed by atoms with E-state index < -0.39 is 85.2 Å². The molecule has 4 atom stereocenters. The Labute approximate surface area is 241 Å². The molecule has 0 rings (SSSR count). The average molecular weight is 604 g/mol. The zero-order valence-corrected chi connectivity index (χ0v) is 23.2. The van der Waals surface area contributed by atoms with Crippen LogP contribution in [-0.4, -0.2) is 113 Å². The summed E-state index contributed by atoms with van der Waals surface area (Å²) < 4.78 is 0. The number of aliphatic carboxylic acids is 2. The Balaban J connectivity index is 5.23. The maximum absolute atomic E-state index is 12.7. The van der Waals surface area contributed by atoms with E-state index in [1.54, 1.807) is 0 Å². The number of carboxylic acid groups (broad SMARTS) is 2. The number of guanidine groups is 1. The monoisotopic (exact) mass is 603 g/mol. The van der Waals surface area contributed by atoms with Gasteiger partial charge in [-0.25, -0.2) is 4.79 Å². The third kappa shape index (κ3) is 16.6. The summed E-state index contributed by atoms with van der Waals surface area (Å²) in [6, 6.07) is -5.79. The molecular formula is C23H41N9O10. The van der Waals surface area contributed by atoms with Gasteiger partial charge in [0, 0.05) is 13.5 Å². The van der Waals surface area contributed by atoms with Crippen molar-refractivity contribution in [1.82, 2.24) is 31.9 Å². The van der Waals surface area contributed by atoms with Crippen LogP contribution in [0.25, 0.3) is 0 Å². The molecule has 42 heavy (non-hydrogen) atoms. The fraction of sp³-hybridized carbons (Fsp3) is 0.652. The highest BCUT2D eigenvalue weighted by molar-refractivity contribution is 5.96. The van der Waals surface area contributed by atoms with Crippen molar-refractivity contribution < 1.29 is 48.9 Å². The van der Waals surface area contributed by atoms with Crippen LogP contribution in [0.3, 0.4) is 0 Å². The summed E-state index contributed by atoms with van der Waals surface area (Å²) >= 11 is 0. The quantitative estimate of drug-likeness (QED) is 0.0332. The molecule has 0 bridgehead atoms. The van der Waals surface area contributed by atoms with Crippen LogP contribution in [0.4, 0.5) is 0 Å². The van der Waals surface area contributed by atoms with Gasteiger partial charge in [0.1, 0.15) is 24.2 Å². The maximum Gasteiger partial charge on any atom is 0.326 e. The lowest BCUT2D eigenvalue weighted by Crippen LogP contribution is -2.58. The molecule has 0 saturated heterocycles. The normalized spacial score (nSPS) is 13.3. The number of nitrogens with one attached hydrogen (secondary N) is 7. The second-order valence-electron chi connectivity index (χ2n) is 9.10. The first-order valence-corrected chi connectivity index (χ1v) is 13.0. The number of hydrogen-bond acceptors (Lipinski definition) is 10. The van der Waals surface area contributed by atoms with E-state index in [9.17, 15) is 48.9 Å². The lowest BCUT2D eigenvalue weighted by Gasteiger charge is -2.23. The Morgan fingerprint density at radius 1 is 0.762 bits per heavy atom. The molecule has 0 aromatic heterocycles. The zero-order valence-electron chi connectivity index (χ0n) is 23.2. The van der Waals surface area contributed by atoms with Gasteiger partial charge >= 0.3 is 11.9 Å². The molecule has 5 amide bonds. The van der Waals surface area contributed by atoms with E-state index in [4.69, 9.17) is 16.9 Å². The van der Waals surface area contributed by atoms with Crippen molar-refractivity contribution in [2.45, 2.75) is 69.6 Å². The van der Waals surface area contributed by atoms with Crippen LogP contribution in [0.1, 0.15) is 45.4 Å². The van der Waals surface area contributed by atoms with Crippen molar-refractivity contribution >= 4 is 47.4 Å². The molecule has 0 spiro atoms. The van der Waals surface area contributed by atoms with Crippen molar-refractivity contribution in [2.75, 3.05) is 26.2 Å². The molecular weight excluding hydrogens is 562 g/mol. The third-order valence-corrected chi connectivity index (χ3v) is 5.51. The van der Waals surface area contributed by atoms with Gasteiger partial charge in [0.15, 0.2) is 5.96 Å². The Hall–Kier alpha value is -4.52. The second kappa shape index (κ2) is 20.4. The van der Waals surface area contributed by atoms with Crippen LogP contribution in [0.2, 0.25) is 0 Å². The fourth-order valence-electron chi connectivity index (χ4n) is 3.45. The lowest BCUT2D eigenvalue weighted by atomic mass is 10.1. The van der Waals surface area contributed by atoms with Gasteiger partial charge in [-0.1, -0.05) is 0 Å². The second-order valence-corrected chi connectivity index (χ2v) is 9.10. The SMILES string of the molecule is CC(=O)N[C@@H](CCCNC(=N)N)C(=O)NCC(=O)N[C@@H](CC(=O)O)C(=O)N[C@@H](CO)C(=O)N[C@@H](CCCCN)C(=O)O. The molecule has 19 nitrogen and oxygen atoms in total. The number of hydrogen-bond donors (Lipinski definition) is 12. The first-order chi connectivity index (χ1) is 19.7. The molecule has 0 aliphatic heterocycles. The van der Waals surface area contributed by atoms with Gasteiger partial charge in [-0.15, -0.1) is 0 Å². The van der Waals surface area contributed by atoms with E-state index in [1.165, 1.54) is 6.92 Å². The average Bonchev–Trinajstić information content (AvgIpc) is 2.90. The van der Waals surface area contributed by atoms with E-state index in [0.717, 1.165) is 0 Å². The molecule has 238 valence electrons. The summed E-state index contributed by atoms with van der Waals surface area (Å²) in [7, 11) is 0. The summed E-state index contributed by atoms with van der Waals surface area (Å²) in [6.45, 7) is 0.0502. The molecule has 0 saturated carbocycles. The minimum absolute atomic E-state index is 0.0336. The van der Waals surface area contributed by atoms with Crippen molar-refractivity contribution in [2.24, 2.45) is 11.5 Å². The van der Waals surface area contributed by atoms with Crippen LogP contribution >= 0.6 is 0 Å².